The van der Waals surface area contributed by atoms with Gasteiger partial charge in [0.2, 0.25) is 0 Å². The van der Waals surface area contributed by atoms with E-state index in [-0.39, 0.29) is 0 Å². The second-order valence-corrected chi connectivity index (χ2v) is 3.06. The summed E-state index contributed by atoms with van der Waals surface area (Å²) in [5, 5.41) is 0. The van der Waals surface area contributed by atoms with Crippen molar-refractivity contribution < 1.29 is 52.7 Å². The molecule has 0 aliphatic rings. The molecule has 0 saturated heterocycles. The molecule has 0 aromatic rings. The minimum Gasteiger partial charge on any atom is -0.244 e. The van der Waals surface area contributed by atoms with Crippen LogP contribution in [0.15, 0.2) is 0 Å². The van der Waals surface area contributed by atoms with E-state index in [0.29, 0.717) is 0 Å². The minimum absolute atomic E-state index is 3.54. The third-order valence-electron chi connectivity index (χ3n) is 1.77. The van der Waals surface area contributed by atoms with Gasteiger partial charge < -0.3 is 0 Å². The molecule has 18 heavy (non-hydrogen) atoms. The van der Waals surface area contributed by atoms with E-state index in [1.54, 1.807) is 0 Å². The van der Waals surface area contributed by atoms with E-state index >= 15 is 0 Å². The summed E-state index contributed by atoms with van der Waals surface area (Å²) >= 11 is 0. The fourth-order valence-corrected chi connectivity index (χ4v) is 0.689. The van der Waals surface area contributed by atoms with E-state index in [9.17, 15) is 52.7 Å². The second kappa shape index (κ2) is 4.08. The first-order valence-corrected chi connectivity index (χ1v) is 3.70. The Kier molecular flexibility index (Phi) is 3.89. The largest absolute Gasteiger partial charge is 0.460 e. The topological polar surface area (TPSA) is 0 Å². The second-order valence-electron chi connectivity index (χ2n) is 3.06. The highest BCUT2D eigenvalue weighted by Crippen LogP contribution is 2.57. The summed E-state index contributed by atoms with van der Waals surface area (Å²) in [6.45, 7) is -3.54. The maximum atomic E-state index is 12.3. The average molecular weight is 302 g/mol. The van der Waals surface area contributed by atoms with Gasteiger partial charge in [-0.05, 0) is 0 Å². The maximum absolute atomic E-state index is 12.3. The average Bonchev–Trinajstić information content (AvgIpc) is 2.15. The molecule has 0 saturated carbocycles. The van der Waals surface area contributed by atoms with Gasteiger partial charge in [0.25, 0.3) is 0 Å². The summed E-state index contributed by atoms with van der Waals surface area (Å²) in [7, 11) is 0. The zero-order valence-corrected chi connectivity index (χ0v) is 7.74. The van der Waals surface area contributed by atoms with Gasteiger partial charge in [-0.3, -0.25) is 0 Å². The first-order chi connectivity index (χ1) is 7.56. The highest BCUT2D eigenvalue weighted by molar-refractivity contribution is 5.06. The molecule has 0 aliphatic carbocycles. The zero-order chi connectivity index (χ0) is 15.2. The number of rotatable bonds is 4. The van der Waals surface area contributed by atoms with E-state index in [1.165, 1.54) is 0 Å². The molecular formula is C6H2F12. The Morgan fingerprint density at radius 2 is 0.833 bits per heavy atom. The zero-order valence-electron chi connectivity index (χ0n) is 7.74. The van der Waals surface area contributed by atoms with Gasteiger partial charge in [-0.15, -0.1) is 0 Å². The summed E-state index contributed by atoms with van der Waals surface area (Å²) in [5.74, 6) is -28.6. The summed E-state index contributed by atoms with van der Waals surface area (Å²) in [5.41, 5.74) is 0. The van der Waals surface area contributed by atoms with Gasteiger partial charge in [-0.2, -0.15) is 48.3 Å². The quantitative estimate of drug-likeness (QED) is 0.687. The molecule has 0 fully saturated rings. The first kappa shape index (κ1) is 17.2. The first-order valence-electron chi connectivity index (χ1n) is 3.70. The van der Waals surface area contributed by atoms with Crippen LogP contribution in [0, 0.1) is 0 Å². The molecule has 0 aliphatic heterocycles. The number of alkyl halides is 12. The van der Waals surface area contributed by atoms with E-state index in [0.717, 1.165) is 0 Å². The summed E-state index contributed by atoms with van der Waals surface area (Å²) in [6.07, 6.45) is -7.22. The van der Waals surface area contributed by atoms with Crippen molar-refractivity contribution in [3.8, 4) is 0 Å². The highest BCUT2D eigenvalue weighted by atomic mass is 19.4. The lowest BCUT2D eigenvalue weighted by Crippen LogP contribution is -2.66. The molecule has 0 bridgehead atoms. The highest BCUT2D eigenvalue weighted by Gasteiger charge is 2.87. The van der Waals surface area contributed by atoms with Crippen molar-refractivity contribution in [2.45, 2.75) is 29.9 Å². The lowest BCUT2D eigenvalue weighted by Gasteiger charge is -2.36. The molecule has 0 nitrogen and oxygen atoms in total. The monoisotopic (exact) mass is 302 g/mol. The Bertz CT molecular complexity index is 298. The van der Waals surface area contributed by atoms with Gasteiger partial charge >= 0.3 is 29.9 Å². The van der Waals surface area contributed by atoms with Crippen molar-refractivity contribution in [2.75, 3.05) is 6.67 Å². The van der Waals surface area contributed by atoms with Crippen LogP contribution in [-0.4, -0.2) is 36.5 Å². The number of hydrogen-bond acceptors (Lipinski definition) is 0. The predicted octanol–water partition coefficient (Wildman–Crippen LogP) is 4.06. The Labute approximate surface area is 90.6 Å². The van der Waals surface area contributed by atoms with Crippen LogP contribution in [0.2, 0.25) is 0 Å². The third kappa shape index (κ3) is 2.09. The number of halogens is 12. The van der Waals surface area contributed by atoms with Crippen molar-refractivity contribution in [3.05, 3.63) is 0 Å². The Morgan fingerprint density at radius 1 is 0.500 bits per heavy atom. The third-order valence-corrected chi connectivity index (χ3v) is 1.77. The van der Waals surface area contributed by atoms with Crippen molar-refractivity contribution in [3.63, 3.8) is 0 Å². The molecule has 0 radical (unpaired) electrons. The van der Waals surface area contributed by atoms with Gasteiger partial charge in [0, 0.05) is 0 Å². The van der Waals surface area contributed by atoms with Crippen LogP contribution < -0.4 is 0 Å². The Morgan fingerprint density at radius 3 is 1.06 bits per heavy atom. The lowest BCUT2D eigenvalue weighted by atomic mass is 9.99. The van der Waals surface area contributed by atoms with Crippen LogP contribution in [0.3, 0.4) is 0 Å². The minimum atomic E-state index is -7.52. The molecule has 0 atom stereocenters. The molecule has 0 heterocycles. The van der Waals surface area contributed by atoms with E-state index in [1.807, 2.05) is 0 Å². The van der Waals surface area contributed by atoms with E-state index in [2.05, 4.69) is 0 Å². The van der Waals surface area contributed by atoms with Crippen LogP contribution in [0.1, 0.15) is 0 Å². The molecular weight excluding hydrogens is 300 g/mol. The molecule has 110 valence electrons. The Hall–Kier alpha value is -0.840. The normalized spacial score (nSPS) is 16.0. The van der Waals surface area contributed by atoms with Crippen molar-refractivity contribution in [1.82, 2.24) is 0 Å². The summed E-state index contributed by atoms with van der Waals surface area (Å²) in [6, 6.07) is 0. The van der Waals surface area contributed by atoms with Crippen molar-refractivity contribution >= 4 is 0 Å². The molecule has 0 rings (SSSR count). The van der Waals surface area contributed by atoms with Gasteiger partial charge in [0.1, 0.15) is 0 Å². The summed E-state index contributed by atoms with van der Waals surface area (Å²) in [4.78, 5) is 0. The maximum Gasteiger partial charge on any atom is 0.460 e. The van der Waals surface area contributed by atoms with Crippen LogP contribution in [0.25, 0.3) is 0 Å². The predicted molar refractivity (Wildman–Crippen MR) is 31.8 cm³/mol. The van der Waals surface area contributed by atoms with E-state index < -0.39 is 36.5 Å². The summed E-state index contributed by atoms with van der Waals surface area (Å²) < 4.78 is 143. The fraction of sp³-hybridized carbons (Fsp3) is 1.00. The smallest absolute Gasteiger partial charge is 0.244 e. The molecule has 0 aromatic heterocycles. The lowest BCUT2D eigenvalue weighted by molar-refractivity contribution is -0.422. The molecule has 0 aromatic carbocycles. The fourth-order valence-electron chi connectivity index (χ4n) is 0.689. The van der Waals surface area contributed by atoms with Gasteiger partial charge in [-0.1, -0.05) is 0 Å². The molecule has 0 amide bonds. The standard InChI is InChI=1S/C6H2F12/c7-1-2(8,9)3(10,11)4(12,13)5(14,15)6(16,17)18/h1H2. The van der Waals surface area contributed by atoms with Crippen LogP contribution in [-0.2, 0) is 0 Å². The number of hydrogen-bond donors (Lipinski definition) is 0. The van der Waals surface area contributed by atoms with Crippen LogP contribution >= 0.6 is 0 Å². The molecule has 0 N–H and O–H groups in total. The Balaban J connectivity index is 5.80. The van der Waals surface area contributed by atoms with Gasteiger partial charge in [0.15, 0.2) is 6.67 Å². The van der Waals surface area contributed by atoms with Crippen molar-refractivity contribution in [1.29, 1.82) is 0 Å². The van der Waals surface area contributed by atoms with Gasteiger partial charge in [0.05, 0.1) is 0 Å². The molecule has 0 spiro atoms. The molecule has 12 heteroatoms. The van der Waals surface area contributed by atoms with E-state index in [4.69, 9.17) is 0 Å². The van der Waals surface area contributed by atoms with Crippen molar-refractivity contribution in [2.24, 2.45) is 0 Å². The van der Waals surface area contributed by atoms with Gasteiger partial charge in [-0.25, -0.2) is 4.39 Å². The van der Waals surface area contributed by atoms with Crippen LogP contribution in [0.5, 0.6) is 0 Å². The SMILES string of the molecule is FCC(F)(F)C(F)(F)C(F)(F)C(F)(F)C(F)(F)F. The van der Waals surface area contributed by atoms with Crippen LogP contribution in [0.4, 0.5) is 52.7 Å². The molecule has 0 unspecified atom stereocenters.